The maximum absolute atomic E-state index is 12.8. The summed E-state index contributed by atoms with van der Waals surface area (Å²) in [4.78, 5) is 14.7. The highest BCUT2D eigenvalue weighted by Gasteiger charge is 2.59. The Bertz CT molecular complexity index is 1010. The molecule has 6 heteroatoms. The van der Waals surface area contributed by atoms with Gasteiger partial charge in [0, 0.05) is 30.3 Å². The van der Waals surface area contributed by atoms with Crippen molar-refractivity contribution >= 4 is 5.91 Å². The number of carbonyl (C=O) groups is 1. The summed E-state index contributed by atoms with van der Waals surface area (Å²) in [6.45, 7) is 7.66. The molecule has 3 atom stereocenters. The average Bonchev–Trinajstić information content (AvgIpc) is 3.16. The van der Waals surface area contributed by atoms with Gasteiger partial charge in [-0.3, -0.25) is 9.89 Å². The minimum absolute atomic E-state index is 0.0220. The normalized spacial score (nSPS) is 23.3. The third-order valence-electron chi connectivity index (χ3n) is 6.19. The van der Waals surface area contributed by atoms with Gasteiger partial charge in [0.1, 0.15) is 11.5 Å². The Labute approximate surface area is 163 Å². The number of nitrogens with one attached hydrogen (secondary N) is 1. The number of fused-ring (bicyclic) bond motifs is 1. The molecule has 6 nitrogen and oxygen atoms in total. The highest BCUT2D eigenvalue weighted by molar-refractivity contribution is 5.92. The van der Waals surface area contributed by atoms with Gasteiger partial charge < -0.3 is 9.42 Å². The molecule has 2 fully saturated rings. The maximum atomic E-state index is 12.8. The summed E-state index contributed by atoms with van der Waals surface area (Å²) in [5.74, 6) is 2.50. The van der Waals surface area contributed by atoms with E-state index in [1.807, 2.05) is 36.1 Å². The standard InChI is InChI=1S/C22H24N4O2/c1-12(2)17-9-18(24-23-17)22(27)26-10-15-16(11-26)20(15)21-19(13(3)28-25-21)14-7-5-4-6-8-14/h4-9,12,15-16,20H,10-11H2,1-3H3,(H,23,24)/t15-,16+,20?. The van der Waals surface area contributed by atoms with E-state index >= 15 is 0 Å². The molecule has 1 aliphatic carbocycles. The molecule has 5 rings (SSSR count). The van der Waals surface area contributed by atoms with Crippen molar-refractivity contribution in [1.82, 2.24) is 20.3 Å². The molecule has 1 amide bonds. The number of benzene rings is 1. The number of hydrogen-bond acceptors (Lipinski definition) is 4. The van der Waals surface area contributed by atoms with Gasteiger partial charge in [0.05, 0.1) is 5.69 Å². The van der Waals surface area contributed by atoms with Crippen molar-refractivity contribution in [2.45, 2.75) is 32.6 Å². The quantitative estimate of drug-likeness (QED) is 0.747. The van der Waals surface area contributed by atoms with Gasteiger partial charge in [0.15, 0.2) is 0 Å². The molecule has 1 unspecified atom stereocenters. The van der Waals surface area contributed by atoms with E-state index in [0.717, 1.165) is 41.4 Å². The second kappa shape index (κ2) is 6.33. The number of H-pyrrole nitrogens is 1. The second-order valence-corrected chi connectivity index (χ2v) is 8.29. The van der Waals surface area contributed by atoms with Crippen LogP contribution in [0.15, 0.2) is 40.9 Å². The van der Waals surface area contributed by atoms with Crippen molar-refractivity contribution in [3.05, 3.63) is 59.2 Å². The monoisotopic (exact) mass is 376 g/mol. The molecule has 3 aromatic rings. The van der Waals surface area contributed by atoms with Crippen LogP contribution >= 0.6 is 0 Å². The lowest BCUT2D eigenvalue weighted by Crippen LogP contribution is -2.31. The third kappa shape index (κ3) is 2.66. The molecular weight excluding hydrogens is 352 g/mol. The summed E-state index contributed by atoms with van der Waals surface area (Å²) in [6.07, 6.45) is 0. The first-order valence-corrected chi connectivity index (χ1v) is 9.90. The lowest BCUT2D eigenvalue weighted by molar-refractivity contribution is 0.0766. The van der Waals surface area contributed by atoms with Crippen molar-refractivity contribution < 1.29 is 9.32 Å². The Morgan fingerprint density at radius 3 is 2.57 bits per heavy atom. The molecule has 0 bridgehead atoms. The van der Waals surface area contributed by atoms with E-state index in [0.29, 0.717) is 29.4 Å². The minimum Gasteiger partial charge on any atom is -0.361 e. The van der Waals surface area contributed by atoms with E-state index in [4.69, 9.17) is 4.52 Å². The number of aromatic nitrogens is 3. The zero-order valence-electron chi connectivity index (χ0n) is 16.3. The van der Waals surface area contributed by atoms with Crippen LogP contribution in [0, 0.1) is 18.8 Å². The lowest BCUT2D eigenvalue weighted by Gasteiger charge is -2.18. The zero-order chi connectivity index (χ0) is 19.4. The predicted octanol–water partition coefficient (Wildman–Crippen LogP) is 3.98. The number of carbonyl (C=O) groups excluding carboxylic acids is 1. The molecule has 1 saturated carbocycles. The molecule has 3 heterocycles. The van der Waals surface area contributed by atoms with Crippen LogP contribution in [-0.4, -0.2) is 39.3 Å². The number of piperidine rings is 1. The van der Waals surface area contributed by atoms with Gasteiger partial charge >= 0.3 is 0 Å². The van der Waals surface area contributed by atoms with Gasteiger partial charge in [-0.1, -0.05) is 49.3 Å². The van der Waals surface area contributed by atoms with Crippen LogP contribution in [-0.2, 0) is 0 Å². The van der Waals surface area contributed by atoms with Crippen LogP contribution in [0.3, 0.4) is 0 Å². The van der Waals surface area contributed by atoms with E-state index in [-0.39, 0.29) is 5.91 Å². The lowest BCUT2D eigenvalue weighted by atomic mass is 10.00. The Hall–Kier alpha value is -2.89. The summed E-state index contributed by atoms with van der Waals surface area (Å²) in [6, 6.07) is 12.2. The van der Waals surface area contributed by atoms with Crippen molar-refractivity contribution in [3.8, 4) is 11.1 Å². The number of amides is 1. The van der Waals surface area contributed by atoms with Crippen LogP contribution in [0.25, 0.3) is 11.1 Å². The SMILES string of the molecule is Cc1onc(C2[C@H]3CN(C(=O)c4cc(C(C)C)[nH]n4)C[C@@H]23)c1-c1ccccc1. The van der Waals surface area contributed by atoms with Gasteiger partial charge in [0.25, 0.3) is 5.91 Å². The Balaban J connectivity index is 1.32. The van der Waals surface area contributed by atoms with E-state index in [2.05, 4.69) is 41.3 Å². The van der Waals surface area contributed by atoms with Crippen LogP contribution in [0.5, 0.6) is 0 Å². The molecule has 1 aromatic carbocycles. The molecule has 2 aliphatic rings. The average molecular weight is 376 g/mol. The van der Waals surface area contributed by atoms with Crippen molar-refractivity contribution in [1.29, 1.82) is 0 Å². The number of aromatic amines is 1. The Morgan fingerprint density at radius 2 is 1.93 bits per heavy atom. The molecule has 0 radical (unpaired) electrons. The Kier molecular flexibility index (Phi) is 3.89. The molecule has 1 saturated heterocycles. The fourth-order valence-corrected chi connectivity index (χ4v) is 4.57. The summed E-state index contributed by atoms with van der Waals surface area (Å²) < 4.78 is 5.54. The van der Waals surface area contributed by atoms with Gasteiger partial charge in [0.2, 0.25) is 0 Å². The number of hydrogen-bond donors (Lipinski definition) is 1. The van der Waals surface area contributed by atoms with Crippen LogP contribution in [0.2, 0.25) is 0 Å². The first-order chi connectivity index (χ1) is 13.5. The first kappa shape index (κ1) is 17.2. The fraction of sp³-hybridized carbons (Fsp3) is 0.409. The maximum Gasteiger partial charge on any atom is 0.274 e. The van der Waals surface area contributed by atoms with Crippen LogP contribution < -0.4 is 0 Å². The first-order valence-electron chi connectivity index (χ1n) is 9.90. The highest BCUT2D eigenvalue weighted by Crippen LogP contribution is 2.59. The number of likely N-dealkylation sites (tertiary alicyclic amines) is 1. The Morgan fingerprint density at radius 1 is 1.21 bits per heavy atom. The largest absolute Gasteiger partial charge is 0.361 e. The zero-order valence-corrected chi connectivity index (χ0v) is 16.3. The van der Waals surface area contributed by atoms with Gasteiger partial charge in [-0.2, -0.15) is 5.10 Å². The van der Waals surface area contributed by atoms with E-state index < -0.39 is 0 Å². The molecule has 1 N–H and O–H groups in total. The van der Waals surface area contributed by atoms with Crippen molar-refractivity contribution in [2.24, 2.45) is 11.8 Å². The summed E-state index contributed by atoms with van der Waals surface area (Å²) in [5, 5.41) is 11.6. The van der Waals surface area contributed by atoms with Crippen LogP contribution in [0.4, 0.5) is 0 Å². The number of aryl methyl sites for hydroxylation is 1. The number of rotatable bonds is 4. The molecular formula is C22H24N4O2. The topological polar surface area (TPSA) is 75.0 Å². The van der Waals surface area contributed by atoms with E-state index in [1.165, 1.54) is 0 Å². The minimum atomic E-state index is 0.0220. The van der Waals surface area contributed by atoms with Gasteiger partial charge in [-0.25, -0.2) is 0 Å². The van der Waals surface area contributed by atoms with E-state index in [1.54, 1.807) is 0 Å². The van der Waals surface area contributed by atoms with Crippen molar-refractivity contribution in [3.63, 3.8) is 0 Å². The molecule has 2 aromatic heterocycles. The molecule has 0 spiro atoms. The van der Waals surface area contributed by atoms with Gasteiger partial charge in [-0.15, -0.1) is 0 Å². The fourth-order valence-electron chi connectivity index (χ4n) is 4.57. The predicted molar refractivity (Wildman–Crippen MR) is 105 cm³/mol. The van der Waals surface area contributed by atoms with E-state index in [9.17, 15) is 4.79 Å². The molecule has 1 aliphatic heterocycles. The third-order valence-corrected chi connectivity index (χ3v) is 6.19. The highest BCUT2D eigenvalue weighted by atomic mass is 16.5. The summed E-state index contributed by atoms with van der Waals surface area (Å²) in [5.41, 5.74) is 4.83. The number of nitrogens with zero attached hydrogens (tertiary/aromatic N) is 3. The van der Waals surface area contributed by atoms with Gasteiger partial charge in [-0.05, 0) is 36.3 Å². The summed E-state index contributed by atoms with van der Waals surface area (Å²) >= 11 is 0. The van der Waals surface area contributed by atoms with Crippen molar-refractivity contribution in [2.75, 3.05) is 13.1 Å². The summed E-state index contributed by atoms with van der Waals surface area (Å²) in [7, 11) is 0. The smallest absolute Gasteiger partial charge is 0.274 e. The molecule has 28 heavy (non-hydrogen) atoms. The second-order valence-electron chi connectivity index (χ2n) is 8.29. The molecule has 144 valence electrons. The van der Waals surface area contributed by atoms with Crippen LogP contribution in [0.1, 0.15) is 53.3 Å².